The first-order valence-electron chi connectivity index (χ1n) is 9.08. The van der Waals surface area contributed by atoms with Crippen molar-refractivity contribution >= 4 is 12.2 Å². The minimum absolute atomic E-state index is 0.677. The number of aromatic nitrogens is 4. The predicted octanol–water partition coefficient (Wildman–Crippen LogP) is 4.22. The molecule has 26 heavy (non-hydrogen) atoms. The third-order valence-electron chi connectivity index (χ3n) is 4.86. The van der Waals surface area contributed by atoms with Crippen molar-refractivity contribution in [1.29, 1.82) is 0 Å². The molecular weight excluding hydrogens is 342 g/mol. The second kappa shape index (κ2) is 7.13. The number of nitrogens with zero attached hydrogens (tertiary/aromatic N) is 5. The van der Waals surface area contributed by atoms with Gasteiger partial charge in [0.1, 0.15) is 0 Å². The first kappa shape index (κ1) is 17.1. The van der Waals surface area contributed by atoms with E-state index in [1.54, 1.807) is 12.4 Å². The van der Waals surface area contributed by atoms with Crippen LogP contribution in [0, 0.1) is 11.7 Å². The molecule has 0 amide bonds. The number of aryl methyl sites for hydroxylation is 1. The van der Waals surface area contributed by atoms with Crippen LogP contribution in [-0.2, 0) is 6.67 Å². The van der Waals surface area contributed by atoms with Crippen molar-refractivity contribution in [1.82, 2.24) is 24.2 Å². The summed E-state index contributed by atoms with van der Waals surface area (Å²) in [6.45, 7) is 6.03. The van der Waals surface area contributed by atoms with Crippen molar-refractivity contribution in [2.75, 3.05) is 6.54 Å². The lowest BCUT2D eigenvalue weighted by Crippen LogP contribution is -2.29. The summed E-state index contributed by atoms with van der Waals surface area (Å²) < 4.78 is 4.73. The predicted molar refractivity (Wildman–Crippen MR) is 106 cm³/mol. The van der Waals surface area contributed by atoms with Gasteiger partial charge in [-0.25, -0.2) is 4.68 Å². The Kier molecular flexibility index (Phi) is 4.70. The summed E-state index contributed by atoms with van der Waals surface area (Å²) in [4.78, 5) is 6.57. The highest BCUT2D eigenvalue weighted by Gasteiger charge is 2.28. The maximum atomic E-state index is 5.82. The van der Waals surface area contributed by atoms with Gasteiger partial charge in [-0.05, 0) is 62.8 Å². The van der Waals surface area contributed by atoms with Crippen LogP contribution < -0.4 is 0 Å². The van der Waals surface area contributed by atoms with E-state index in [9.17, 15) is 0 Å². The average molecular weight is 366 g/mol. The summed E-state index contributed by atoms with van der Waals surface area (Å²) in [5.74, 6) is 0.855. The Bertz CT molecular complexity index is 939. The van der Waals surface area contributed by atoms with Crippen molar-refractivity contribution in [2.45, 2.75) is 39.4 Å². The molecular formula is C20H23N5S. The highest BCUT2D eigenvalue weighted by molar-refractivity contribution is 7.71. The molecule has 134 valence electrons. The van der Waals surface area contributed by atoms with Crippen molar-refractivity contribution in [3.05, 3.63) is 59.1 Å². The second-order valence-corrected chi connectivity index (χ2v) is 7.16. The van der Waals surface area contributed by atoms with E-state index in [-0.39, 0.29) is 0 Å². The van der Waals surface area contributed by atoms with Gasteiger partial charge in [0.25, 0.3) is 0 Å². The SMILES string of the molecule is CCN(Cn1nc(-c2ccncc2)n(-c2ccc(C)cc2)c1=S)C1CC1. The molecule has 1 aliphatic carbocycles. The fraction of sp³-hybridized carbons (Fsp3) is 0.350. The summed E-state index contributed by atoms with van der Waals surface area (Å²) >= 11 is 5.82. The number of rotatable bonds is 6. The van der Waals surface area contributed by atoms with Gasteiger partial charge in [0.15, 0.2) is 5.82 Å². The van der Waals surface area contributed by atoms with Gasteiger partial charge in [-0.2, -0.15) is 0 Å². The molecule has 0 bridgehead atoms. The third kappa shape index (κ3) is 3.34. The maximum Gasteiger partial charge on any atom is 0.204 e. The van der Waals surface area contributed by atoms with E-state index >= 15 is 0 Å². The highest BCUT2D eigenvalue weighted by Crippen LogP contribution is 2.28. The number of hydrogen-bond acceptors (Lipinski definition) is 4. The smallest absolute Gasteiger partial charge is 0.204 e. The van der Waals surface area contributed by atoms with Crippen molar-refractivity contribution in [3.8, 4) is 17.1 Å². The third-order valence-corrected chi connectivity index (χ3v) is 5.25. The zero-order chi connectivity index (χ0) is 18.1. The van der Waals surface area contributed by atoms with E-state index in [2.05, 4.69) is 52.6 Å². The lowest BCUT2D eigenvalue weighted by Gasteiger charge is -2.19. The Morgan fingerprint density at radius 2 is 1.81 bits per heavy atom. The van der Waals surface area contributed by atoms with Crippen molar-refractivity contribution < 1.29 is 0 Å². The first-order valence-corrected chi connectivity index (χ1v) is 9.49. The lowest BCUT2D eigenvalue weighted by atomic mass is 10.2. The van der Waals surface area contributed by atoms with E-state index in [0.717, 1.165) is 35.1 Å². The van der Waals surface area contributed by atoms with Gasteiger partial charge in [-0.1, -0.05) is 24.6 Å². The van der Waals surface area contributed by atoms with Crippen LogP contribution in [0.4, 0.5) is 0 Å². The van der Waals surface area contributed by atoms with E-state index in [0.29, 0.717) is 6.04 Å². The Labute approximate surface area is 158 Å². The summed E-state index contributed by atoms with van der Waals surface area (Å²) in [5, 5.41) is 4.88. The van der Waals surface area contributed by atoms with Gasteiger partial charge in [0.05, 0.1) is 6.67 Å². The van der Waals surface area contributed by atoms with Crippen LogP contribution >= 0.6 is 12.2 Å². The summed E-state index contributed by atoms with van der Waals surface area (Å²) in [7, 11) is 0. The lowest BCUT2D eigenvalue weighted by molar-refractivity contribution is 0.206. The Morgan fingerprint density at radius 3 is 2.42 bits per heavy atom. The van der Waals surface area contributed by atoms with Crippen LogP contribution in [0.15, 0.2) is 48.8 Å². The van der Waals surface area contributed by atoms with E-state index in [4.69, 9.17) is 17.3 Å². The van der Waals surface area contributed by atoms with Gasteiger partial charge < -0.3 is 0 Å². The monoisotopic (exact) mass is 365 g/mol. The number of pyridine rings is 1. The molecule has 0 spiro atoms. The second-order valence-electron chi connectivity index (χ2n) is 6.79. The molecule has 2 aromatic heterocycles. The summed E-state index contributed by atoms with van der Waals surface area (Å²) in [5.41, 5.74) is 3.28. The van der Waals surface area contributed by atoms with Crippen LogP contribution in [-0.4, -0.2) is 36.8 Å². The highest BCUT2D eigenvalue weighted by atomic mass is 32.1. The molecule has 0 N–H and O–H groups in total. The summed E-state index contributed by atoms with van der Waals surface area (Å²) in [6.07, 6.45) is 6.13. The zero-order valence-electron chi connectivity index (χ0n) is 15.2. The molecule has 1 fully saturated rings. The molecule has 1 aliphatic rings. The number of benzene rings is 1. The quantitative estimate of drug-likeness (QED) is 0.613. The minimum atomic E-state index is 0.677. The van der Waals surface area contributed by atoms with Crippen LogP contribution in [0.25, 0.3) is 17.1 Å². The summed E-state index contributed by atoms with van der Waals surface area (Å²) in [6, 6.07) is 13.0. The fourth-order valence-corrected chi connectivity index (χ4v) is 3.49. The standard InChI is InChI=1S/C20H23N5S/c1-3-23(17-8-9-17)14-24-20(26)25(18-6-4-15(2)5-7-18)19(22-24)16-10-12-21-13-11-16/h4-7,10-13,17H,3,8-9,14H2,1-2H3. The maximum absolute atomic E-state index is 5.82. The molecule has 3 aromatic rings. The minimum Gasteiger partial charge on any atom is -0.282 e. The molecule has 6 heteroatoms. The van der Waals surface area contributed by atoms with Crippen LogP contribution in [0.3, 0.4) is 0 Å². The molecule has 0 radical (unpaired) electrons. The number of hydrogen-bond donors (Lipinski definition) is 0. The topological polar surface area (TPSA) is 38.9 Å². The molecule has 2 heterocycles. The van der Waals surface area contributed by atoms with Crippen LogP contribution in [0.5, 0.6) is 0 Å². The Hall–Kier alpha value is -2.31. The Morgan fingerprint density at radius 1 is 1.12 bits per heavy atom. The molecule has 1 saturated carbocycles. The van der Waals surface area contributed by atoms with Crippen LogP contribution in [0.2, 0.25) is 0 Å². The van der Waals surface area contributed by atoms with Gasteiger partial charge in [-0.3, -0.25) is 14.5 Å². The molecule has 0 atom stereocenters. The van der Waals surface area contributed by atoms with Crippen molar-refractivity contribution in [2.24, 2.45) is 0 Å². The van der Waals surface area contributed by atoms with Gasteiger partial charge in [0.2, 0.25) is 4.77 Å². The molecule has 4 rings (SSSR count). The van der Waals surface area contributed by atoms with E-state index in [1.807, 2.05) is 16.8 Å². The largest absolute Gasteiger partial charge is 0.282 e. The normalized spacial score (nSPS) is 14.1. The first-order chi connectivity index (χ1) is 12.7. The van der Waals surface area contributed by atoms with Crippen molar-refractivity contribution in [3.63, 3.8) is 0 Å². The van der Waals surface area contributed by atoms with Gasteiger partial charge >= 0.3 is 0 Å². The molecule has 5 nitrogen and oxygen atoms in total. The van der Waals surface area contributed by atoms with E-state index in [1.165, 1.54) is 18.4 Å². The molecule has 0 unspecified atom stereocenters. The van der Waals surface area contributed by atoms with Gasteiger partial charge in [0, 0.05) is 29.7 Å². The molecule has 0 aliphatic heterocycles. The zero-order valence-corrected chi connectivity index (χ0v) is 16.0. The molecule has 0 saturated heterocycles. The fourth-order valence-electron chi connectivity index (χ4n) is 3.20. The molecule has 1 aromatic carbocycles. The van der Waals surface area contributed by atoms with E-state index < -0.39 is 0 Å². The van der Waals surface area contributed by atoms with Gasteiger partial charge in [-0.15, -0.1) is 5.10 Å². The average Bonchev–Trinajstić information content (AvgIpc) is 3.46. The Balaban J connectivity index is 1.82. The van der Waals surface area contributed by atoms with Crippen LogP contribution in [0.1, 0.15) is 25.3 Å².